The minimum Gasteiger partial charge on any atom is -0.484 e. The molecule has 1 atom stereocenters. The number of benzene rings is 2. The molecule has 2 rings (SSSR count). The lowest BCUT2D eigenvalue weighted by atomic mass is 10.1. The van der Waals surface area contributed by atoms with E-state index in [-0.39, 0.29) is 18.4 Å². The Labute approximate surface area is 175 Å². The second kappa shape index (κ2) is 11.5. The Morgan fingerprint density at radius 1 is 1.07 bits per heavy atom. The molecule has 6 heteroatoms. The summed E-state index contributed by atoms with van der Waals surface area (Å²) in [6, 6.07) is 16.4. The van der Waals surface area contributed by atoms with Crippen LogP contribution < -0.4 is 10.1 Å². The maximum atomic E-state index is 13.0. The molecule has 0 saturated carbocycles. The quantitative estimate of drug-likeness (QED) is 0.595. The SMILES string of the molecule is CCCNC(=O)[C@@H](CC)N(Cc1ccccc1)C(=O)COc1ccc(Br)cc1. The molecule has 0 fully saturated rings. The highest BCUT2D eigenvalue weighted by Crippen LogP contribution is 2.17. The van der Waals surface area contributed by atoms with E-state index < -0.39 is 6.04 Å². The number of halogens is 1. The van der Waals surface area contributed by atoms with E-state index >= 15 is 0 Å². The molecule has 0 saturated heterocycles. The molecule has 0 aliphatic heterocycles. The Morgan fingerprint density at radius 2 is 1.75 bits per heavy atom. The topological polar surface area (TPSA) is 58.6 Å². The van der Waals surface area contributed by atoms with Crippen molar-refractivity contribution in [2.45, 2.75) is 39.3 Å². The van der Waals surface area contributed by atoms with E-state index in [1.807, 2.05) is 56.3 Å². The normalized spacial score (nSPS) is 11.5. The number of hydrogen-bond donors (Lipinski definition) is 1. The molecule has 2 amide bonds. The van der Waals surface area contributed by atoms with Crippen molar-refractivity contribution in [1.29, 1.82) is 0 Å². The summed E-state index contributed by atoms with van der Waals surface area (Å²) in [6.07, 6.45) is 1.38. The van der Waals surface area contributed by atoms with Crippen molar-refractivity contribution in [2.24, 2.45) is 0 Å². The van der Waals surface area contributed by atoms with Crippen LogP contribution in [0.3, 0.4) is 0 Å². The molecule has 0 radical (unpaired) electrons. The van der Waals surface area contributed by atoms with Crippen LogP contribution in [0.25, 0.3) is 0 Å². The van der Waals surface area contributed by atoms with Gasteiger partial charge in [-0.15, -0.1) is 0 Å². The van der Waals surface area contributed by atoms with Gasteiger partial charge in [0.05, 0.1) is 0 Å². The van der Waals surface area contributed by atoms with Gasteiger partial charge in [-0.1, -0.05) is 60.1 Å². The minimum atomic E-state index is -0.534. The molecule has 0 unspecified atom stereocenters. The van der Waals surface area contributed by atoms with Crippen molar-refractivity contribution in [3.63, 3.8) is 0 Å². The summed E-state index contributed by atoms with van der Waals surface area (Å²) in [7, 11) is 0. The summed E-state index contributed by atoms with van der Waals surface area (Å²) < 4.78 is 6.59. The molecule has 2 aromatic carbocycles. The van der Waals surface area contributed by atoms with Gasteiger partial charge in [0.2, 0.25) is 5.91 Å². The van der Waals surface area contributed by atoms with E-state index in [2.05, 4.69) is 21.2 Å². The maximum absolute atomic E-state index is 13.0. The summed E-state index contributed by atoms with van der Waals surface area (Å²) in [4.78, 5) is 27.2. The Kier molecular flexibility index (Phi) is 9.01. The lowest BCUT2D eigenvalue weighted by Gasteiger charge is -2.30. The fraction of sp³-hybridized carbons (Fsp3) is 0.364. The summed E-state index contributed by atoms with van der Waals surface area (Å²) in [5, 5.41) is 2.91. The zero-order valence-electron chi connectivity index (χ0n) is 16.4. The van der Waals surface area contributed by atoms with Crippen LogP contribution in [0, 0.1) is 0 Å². The first-order valence-electron chi connectivity index (χ1n) is 9.54. The predicted molar refractivity (Wildman–Crippen MR) is 114 cm³/mol. The fourth-order valence-corrected chi connectivity index (χ4v) is 3.09. The van der Waals surface area contributed by atoms with Crippen molar-refractivity contribution in [1.82, 2.24) is 10.2 Å². The minimum absolute atomic E-state index is 0.119. The van der Waals surface area contributed by atoms with Crippen LogP contribution in [0.2, 0.25) is 0 Å². The van der Waals surface area contributed by atoms with Crippen LogP contribution in [-0.2, 0) is 16.1 Å². The molecule has 1 N–H and O–H groups in total. The smallest absolute Gasteiger partial charge is 0.261 e. The van der Waals surface area contributed by atoms with E-state index in [1.54, 1.807) is 17.0 Å². The van der Waals surface area contributed by atoms with Crippen molar-refractivity contribution in [2.75, 3.05) is 13.2 Å². The van der Waals surface area contributed by atoms with Gasteiger partial charge < -0.3 is 15.0 Å². The summed E-state index contributed by atoms with van der Waals surface area (Å²) >= 11 is 3.38. The Morgan fingerprint density at radius 3 is 2.36 bits per heavy atom. The van der Waals surface area contributed by atoms with E-state index in [9.17, 15) is 9.59 Å². The highest BCUT2D eigenvalue weighted by Gasteiger charge is 2.28. The standard InChI is InChI=1S/C22H27BrN2O3/c1-3-14-24-22(27)20(4-2)25(15-17-8-6-5-7-9-17)21(26)16-28-19-12-10-18(23)11-13-19/h5-13,20H,3-4,14-16H2,1-2H3,(H,24,27)/t20-/m1/s1. The van der Waals surface area contributed by atoms with Crippen molar-refractivity contribution < 1.29 is 14.3 Å². The number of ether oxygens (including phenoxy) is 1. The summed E-state index contributed by atoms with van der Waals surface area (Å²) in [5.41, 5.74) is 0.973. The lowest BCUT2D eigenvalue weighted by molar-refractivity contribution is -0.143. The number of nitrogens with one attached hydrogen (secondary N) is 1. The average molecular weight is 447 g/mol. The van der Waals surface area contributed by atoms with Gasteiger partial charge in [0, 0.05) is 17.6 Å². The third kappa shape index (κ3) is 6.68. The zero-order valence-corrected chi connectivity index (χ0v) is 17.9. The number of hydrogen-bond acceptors (Lipinski definition) is 3. The van der Waals surface area contributed by atoms with E-state index in [0.717, 1.165) is 16.5 Å². The first-order valence-corrected chi connectivity index (χ1v) is 10.3. The second-order valence-corrected chi connectivity index (χ2v) is 7.38. The predicted octanol–water partition coefficient (Wildman–Crippen LogP) is 4.16. The van der Waals surface area contributed by atoms with Gasteiger partial charge in [-0.25, -0.2) is 0 Å². The van der Waals surface area contributed by atoms with Gasteiger partial charge in [0.15, 0.2) is 6.61 Å². The monoisotopic (exact) mass is 446 g/mol. The number of carbonyl (C=O) groups is 2. The third-order valence-corrected chi connectivity index (χ3v) is 4.84. The largest absolute Gasteiger partial charge is 0.484 e. The van der Waals surface area contributed by atoms with E-state index in [4.69, 9.17) is 4.74 Å². The molecule has 0 aliphatic carbocycles. The third-order valence-electron chi connectivity index (χ3n) is 4.31. The second-order valence-electron chi connectivity index (χ2n) is 6.46. The molecule has 0 aromatic heterocycles. The van der Waals surface area contributed by atoms with Gasteiger partial charge in [0.1, 0.15) is 11.8 Å². The first-order chi connectivity index (χ1) is 13.5. The van der Waals surface area contributed by atoms with Crippen LogP contribution >= 0.6 is 15.9 Å². The zero-order chi connectivity index (χ0) is 20.4. The Bertz CT molecular complexity index is 750. The molecular weight excluding hydrogens is 420 g/mol. The Balaban J connectivity index is 2.14. The van der Waals surface area contributed by atoms with Crippen LogP contribution in [0.5, 0.6) is 5.75 Å². The first kappa shape index (κ1) is 22.0. The fourth-order valence-electron chi connectivity index (χ4n) is 2.82. The van der Waals surface area contributed by atoms with Crippen molar-refractivity contribution >= 4 is 27.7 Å². The van der Waals surface area contributed by atoms with Crippen LogP contribution in [-0.4, -0.2) is 35.9 Å². The van der Waals surface area contributed by atoms with Gasteiger partial charge in [0.25, 0.3) is 5.91 Å². The molecule has 5 nitrogen and oxygen atoms in total. The molecular formula is C22H27BrN2O3. The number of carbonyl (C=O) groups excluding carboxylic acids is 2. The van der Waals surface area contributed by atoms with E-state index in [1.165, 1.54) is 0 Å². The molecule has 0 heterocycles. The van der Waals surface area contributed by atoms with Crippen LogP contribution in [0.15, 0.2) is 59.1 Å². The van der Waals surface area contributed by atoms with Crippen LogP contribution in [0.1, 0.15) is 32.3 Å². The number of nitrogens with zero attached hydrogens (tertiary/aromatic N) is 1. The number of amides is 2. The van der Waals surface area contributed by atoms with Crippen molar-refractivity contribution in [3.8, 4) is 5.75 Å². The van der Waals surface area contributed by atoms with Gasteiger partial charge in [-0.05, 0) is 42.7 Å². The number of rotatable bonds is 10. The van der Waals surface area contributed by atoms with Crippen LogP contribution in [0.4, 0.5) is 0 Å². The van der Waals surface area contributed by atoms with Gasteiger partial charge in [-0.3, -0.25) is 9.59 Å². The lowest BCUT2D eigenvalue weighted by Crippen LogP contribution is -2.50. The Hall–Kier alpha value is -2.34. The maximum Gasteiger partial charge on any atom is 0.261 e. The van der Waals surface area contributed by atoms with Crippen molar-refractivity contribution in [3.05, 3.63) is 64.6 Å². The molecule has 0 bridgehead atoms. The molecule has 28 heavy (non-hydrogen) atoms. The van der Waals surface area contributed by atoms with Gasteiger partial charge >= 0.3 is 0 Å². The average Bonchev–Trinajstić information content (AvgIpc) is 2.72. The summed E-state index contributed by atoms with van der Waals surface area (Å²) in [5.74, 6) is 0.266. The highest BCUT2D eigenvalue weighted by atomic mass is 79.9. The summed E-state index contributed by atoms with van der Waals surface area (Å²) in [6.45, 7) is 4.75. The van der Waals surface area contributed by atoms with E-state index in [0.29, 0.717) is 25.3 Å². The molecule has 0 spiro atoms. The molecule has 0 aliphatic rings. The molecule has 2 aromatic rings. The highest BCUT2D eigenvalue weighted by molar-refractivity contribution is 9.10. The molecule has 150 valence electrons. The van der Waals surface area contributed by atoms with Gasteiger partial charge in [-0.2, -0.15) is 0 Å².